The van der Waals surface area contributed by atoms with E-state index in [4.69, 9.17) is 4.74 Å². The minimum Gasteiger partial charge on any atom is -0.387 e. The summed E-state index contributed by atoms with van der Waals surface area (Å²) in [4.78, 5) is 2.32. The molecular formula is C17H27NO2. The molecule has 1 heterocycles. The number of aryl methyl sites for hydroxylation is 1. The highest BCUT2D eigenvalue weighted by Gasteiger charge is 2.31. The van der Waals surface area contributed by atoms with Crippen molar-refractivity contribution in [2.24, 2.45) is 0 Å². The van der Waals surface area contributed by atoms with Crippen LogP contribution in [-0.2, 0) is 11.2 Å². The SMILES string of the molecule is CCCc1ccc(C(O)CN2CCOCC2(C)C)cc1. The molecule has 0 radical (unpaired) electrons. The predicted molar refractivity (Wildman–Crippen MR) is 81.9 cm³/mol. The third-order valence-corrected chi connectivity index (χ3v) is 4.11. The van der Waals surface area contributed by atoms with Gasteiger partial charge in [-0.1, -0.05) is 37.6 Å². The Morgan fingerprint density at radius 3 is 2.60 bits per heavy atom. The standard InChI is InChI=1S/C17H27NO2/c1-4-5-14-6-8-15(9-7-14)16(19)12-18-10-11-20-13-17(18,2)3/h6-9,16,19H,4-5,10-13H2,1-3H3. The lowest BCUT2D eigenvalue weighted by Crippen LogP contribution is -2.54. The average molecular weight is 277 g/mol. The van der Waals surface area contributed by atoms with Crippen molar-refractivity contribution in [1.82, 2.24) is 4.90 Å². The number of rotatable bonds is 5. The van der Waals surface area contributed by atoms with Crippen LogP contribution in [0.5, 0.6) is 0 Å². The summed E-state index contributed by atoms with van der Waals surface area (Å²) in [5, 5.41) is 10.4. The number of hydrogen-bond donors (Lipinski definition) is 1. The van der Waals surface area contributed by atoms with Crippen LogP contribution in [-0.4, -0.2) is 41.8 Å². The number of aliphatic hydroxyl groups excluding tert-OH is 1. The molecular weight excluding hydrogens is 250 g/mol. The third-order valence-electron chi connectivity index (χ3n) is 4.11. The molecule has 0 amide bonds. The molecule has 1 aromatic carbocycles. The van der Waals surface area contributed by atoms with Gasteiger partial charge in [-0.2, -0.15) is 0 Å². The predicted octanol–water partition coefficient (Wildman–Crippen LogP) is 2.78. The molecule has 0 aromatic heterocycles. The summed E-state index contributed by atoms with van der Waals surface area (Å²) in [5.74, 6) is 0. The first-order chi connectivity index (χ1) is 9.53. The van der Waals surface area contributed by atoms with Crippen molar-refractivity contribution in [2.45, 2.75) is 45.3 Å². The molecule has 1 fully saturated rings. The van der Waals surface area contributed by atoms with Crippen LogP contribution in [0.3, 0.4) is 0 Å². The summed E-state index contributed by atoms with van der Waals surface area (Å²) >= 11 is 0. The van der Waals surface area contributed by atoms with E-state index in [1.807, 2.05) is 0 Å². The molecule has 0 bridgehead atoms. The average Bonchev–Trinajstić information content (AvgIpc) is 2.42. The number of ether oxygens (including phenoxy) is 1. The zero-order chi connectivity index (χ0) is 14.6. The molecule has 112 valence electrons. The fourth-order valence-electron chi connectivity index (χ4n) is 2.74. The van der Waals surface area contributed by atoms with Crippen molar-refractivity contribution < 1.29 is 9.84 Å². The monoisotopic (exact) mass is 277 g/mol. The lowest BCUT2D eigenvalue weighted by atomic mass is 9.99. The van der Waals surface area contributed by atoms with Crippen LogP contribution < -0.4 is 0 Å². The summed E-state index contributed by atoms with van der Waals surface area (Å²) in [6.07, 6.45) is 1.83. The van der Waals surface area contributed by atoms with Gasteiger partial charge in [-0.3, -0.25) is 4.90 Å². The third kappa shape index (κ3) is 3.81. The van der Waals surface area contributed by atoms with E-state index >= 15 is 0 Å². The van der Waals surface area contributed by atoms with Gasteiger partial charge >= 0.3 is 0 Å². The van der Waals surface area contributed by atoms with Gasteiger partial charge in [0, 0.05) is 18.6 Å². The van der Waals surface area contributed by atoms with Gasteiger partial charge in [-0.05, 0) is 31.4 Å². The van der Waals surface area contributed by atoms with E-state index in [-0.39, 0.29) is 5.54 Å². The summed E-state index contributed by atoms with van der Waals surface area (Å²) in [6.45, 7) is 9.57. The number of β-amino-alcohol motifs (C(OH)–C–C–N with tert-alkyl or cyclic N) is 1. The molecule has 2 rings (SSSR count). The van der Waals surface area contributed by atoms with E-state index < -0.39 is 6.10 Å². The largest absolute Gasteiger partial charge is 0.387 e. The highest BCUT2D eigenvalue weighted by Crippen LogP contribution is 2.23. The first-order valence-corrected chi connectivity index (χ1v) is 7.62. The summed E-state index contributed by atoms with van der Waals surface area (Å²) < 4.78 is 5.52. The highest BCUT2D eigenvalue weighted by molar-refractivity contribution is 5.24. The van der Waals surface area contributed by atoms with Gasteiger partial charge in [-0.25, -0.2) is 0 Å². The summed E-state index contributed by atoms with van der Waals surface area (Å²) in [5.41, 5.74) is 2.35. The Labute approximate surface area is 122 Å². The normalized spacial score (nSPS) is 20.8. The zero-order valence-electron chi connectivity index (χ0n) is 12.9. The van der Waals surface area contributed by atoms with Crippen molar-refractivity contribution in [3.8, 4) is 0 Å². The Morgan fingerprint density at radius 1 is 1.30 bits per heavy atom. The van der Waals surface area contributed by atoms with Crippen molar-refractivity contribution in [2.75, 3.05) is 26.3 Å². The van der Waals surface area contributed by atoms with Crippen molar-refractivity contribution >= 4 is 0 Å². The van der Waals surface area contributed by atoms with Crippen LogP contribution in [0.25, 0.3) is 0 Å². The van der Waals surface area contributed by atoms with Crippen molar-refractivity contribution in [3.05, 3.63) is 35.4 Å². The van der Waals surface area contributed by atoms with E-state index in [1.165, 1.54) is 5.56 Å². The fraction of sp³-hybridized carbons (Fsp3) is 0.647. The van der Waals surface area contributed by atoms with Gasteiger partial charge in [0.2, 0.25) is 0 Å². The van der Waals surface area contributed by atoms with Gasteiger partial charge in [0.15, 0.2) is 0 Å². The maximum Gasteiger partial charge on any atom is 0.0917 e. The van der Waals surface area contributed by atoms with Crippen LogP contribution in [0.1, 0.15) is 44.4 Å². The Bertz CT molecular complexity index is 414. The van der Waals surface area contributed by atoms with Crippen LogP contribution in [0.15, 0.2) is 24.3 Å². The van der Waals surface area contributed by atoms with Gasteiger partial charge in [0.25, 0.3) is 0 Å². The second-order valence-corrected chi connectivity index (χ2v) is 6.32. The molecule has 1 aliphatic rings. The molecule has 1 aliphatic heterocycles. The summed E-state index contributed by atoms with van der Waals surface area (Å²) in [7, 11) is 0. The minimum atomic E-state index is -0.428. The molecule has 1 N–H and O–H groups in total. The highest BCUT2D eigenvalue weighted by atomic mass is 16.5. The van der Waals surface area contributed by atoms with Crippen LogP contribution >= 0.6 is 0 Å². The van der Waals surface area contributed by atoms with Gasteiger partial charge in [0.05, 0.1) is 19.3 Å². The number of morpholine rings is 1. The maximum atomic E-state index is 10.4. The first kappa shape index (κ1) is 15.5. The topological polar surface area (TPSA) is 32.7 Å². The zero-order valence-corrected chi connectivity index (χ0v) is 12.9. The number of benzene rings is 1. The molecule has 20 heavy (non-hydrogen) atoms. The Balaban J connectivity index is 1.98. The quantitative estimate of drug-likeness (QED) is 0.898. The van der Waals surface area contributed by atoms with Gasteiger partial charge in [-0.15, -0.1) is 0 Å². The van der Waals surface area contributed by atoms with Crippen molar-refractivity contribution in [1.29, 1.82) is 0 Å². The van der Waals surface area contributed by atoms with E-state index in [2.05, 4.69) is 49.9 Å². The molecule has 3 nitrogen and oxygen atoms in total. The summed E-state index contributed by atoms with van der Waals surface area (Å²) in [6, 6.07) is 8.38. The van der Waals surface area contributed by atoms with E-state index in [9.17, 15) is 5.11 Å². The molecule has 3 heteroatoms. The smallest absolute Gasteiger partial charge is 0.0917 e. The minimum absolute atomic E-state index is 0.00137. The molecule has 1 aromatic rings. The van der Waals surface area contributed by atoms with Crippen LogP contribution in [0, 0.1) is 0 Å². The molecule has 1 unspecified atom stereocenters. The van der Waals surface area contributed by atoms with Gasteiger partial charge < -0.3 is 9.84 Å². The van der Waals surface area contributed by atoms with Crippen molar-refractivity contribution in [3.63, 3.8) is 0 Å². The van der Waals surface area contributed by atoms with Gasteiger partial charge in [0.1, 0.15) is 0 Å². The molecule has 0 aliphatic carbocycles. The lowest BCUT2D eigenvalue weighted by Gasteiger charge is -2.43. The first-order valence-electron chi connectivity index (χ1n) is 7.62. The molecule has 0 saturated carbocycles. The lowest BCUT2D eigenvalue weighted by molar-refractivity contribution is -0.0667. The maximum absolute atomic E-state index is 10.4. The number of nitrogens with zero attached hydrogens (tertiary/aromatic N) is 1. The molecule has 1 atom stereocenters. The number of hydrogen-bond acceptors (Lipinski definition) is 3. The van der Waals surface area contributed by atoms with E-state index in [0.717, 1.165) is 38.2 Å². The van der Waals surface area contributed by atoms with Crippen LogP contribution in [0.4, 0.5) is 0 Å². The van der Waals surface area contributed by atoms with E-state index in [0.29, 0.717) is 6.54 Å². The second kappa shape index (κ2) is 6.70. The van der Waals surface area contributed by atoms with E-state index in [1.54, 1.807) is 0 Å². The Kier molecular flexibility index (Phi) is 5.19. The molecule has 1 saturated heterocycles. The second-order valence-electron chi connectivity index (χ2n) is 6.32. The fourth-order valence-corrected chi connectivity index (χ4v) is 2.74. The Morgan fingerprint density at radius 2 is 2.00 bits per heavy atom. The van der Waals surface area contributed by atoms with Crippen LogP contribution in [0.2, 0.25) is 0 Å². The molecule has 0 spiro atoms. The number of aliphatic hydroxyl groups is 1. The Hall–Kier alpha value is -0.900.